The van der Waals surface area contributed by atoms with E-state index < -0.39 is 12.0 Å². The van der Waals surface area contributed by atoms with Gasteiger partial charge in [0.15, 0.2) is 0 Å². The Kier molecular flexibility index (Phi) is 5.72. The standard InChI is InChI=1S/C14H18BrN3O3/c15-10-3-1-2-4-11(10)17-13(19)9-12(14(20)21)18-7-5-16-6-8-18/h1-4,12,16H,5-9H2,(H,17,19)(H,20,21)/t12-/m0/s1. The second-order valence-electron chi connectivity index (χ2n) is 4.87. The van der Waals surface area contributed by atoms with Crippen molar-refractivity contribution in [3.63, 3.8) is 0 Å². The molecule has 0 aromatic heterocycles. The zero-order chi connectivity index (χ0) is 15.2. The molecule has 1 atom stereocenters. The second-order valence-corrected chi connectivity index (χ2v) is 5.73. The van der Waals surface area contributed by atoms with E-state index in [2.05, 4.69) is 26.6 Å². The maximum Gasteiger partial charge on any atom is 0.321 e. The Morgan fingerprint density at radius 1 is 1.33 bits per heavy atom. The molecule has 2 rings (SSSR count). The molecule has 3 N–H and O–H groups in total. The summed E-state index contributed by atoms with van der Waals surface area (Å²) in [6, 6.07) is 6.46. The van der Waals surface area contributed by atoms with E-state index in [0.29, 0.717) is 18.8 Å². The number of rotatable bonds is 5. The van der Waals surface area contributed by atoms with Crippen molar-refractivity contribution < 1.29 is 14.7 Å². The molecule has 1 saturated heterocycles. The number of carbonyl (C=O) groups is 2. The third-order valence-corrected chi connectivity index (χ3v) is 4.10. The summed E-state index contributed by atoms with van der Waals surface area (Å²) in [5.41, 5.74) is 0.645. The molecule has 114 valence electrons. The predicted molar refractivity (Wildman–Crippen MR) is 83.3 cm³/mol. The fourth-order valence-corrected chi connectivity index (χ4v) is 2.69. The van der Waals surface area contributed by atoms with Gasteiger partial charge in [-0.2, -0.15) is 0 Å². The average Bonchev–Trinajstić information content (AvgIpc) is 2.48. The van der Waals surface area contributed by atoms with Crippen LogP contribution >= 0.6 is 15.9 Å². The van der Waals surface area contributed by atoms with Gasteiger partial charge in [-0.05, 0) is 28.1 Å². The predicted octanol–water partition coefficient (Wildman–Crippen LogP) is 1.14. The Morgan fingerprint density at radius 2 is 2.00 bits per heavy atom. The van der Waals surface area contributed by atoms with Crippen LogP contribution in [-0.4, -0.2) is 54.1 Å². The van der Waals surface area contributed by atoms with Crippen LogP contribution in [-0.2, 0) is 9.59 Å². The minimum atomic E-state index is -0.959. The van der Waals surface area contributed by atoms with Crippen LogP contribution in [0.25, 0.3) is 0 Å². The number of anilines is 1. The van der Waals surface area contributed by atoms with Gasteiger partial charge in [-0.25, -0.2) is 0 Å². The molecule has 1 heterocycles. The van der Waals surface area contributed by atoms with Crippen LogP contribution in [0.5, 0.6) is 0 Å². The number of halogens is 1. The molecule has 1 aliphatic heterocycles. The molecule has 1 aromatic carbocycles. The number of piperazine rings is 1. The van der Waals surface area contributed by atoms with Crippen molar-refractivity contribution in [3.8, 4) is 0 Å². The Hall–Kier alpha value is -1.44. The molecule has 1 fully saturated rings. The first-order chi connectivity index (χ1) is 10.1. The third-order valence-electron chi connectivity index (χ3n) is 3.40. The summed E-state index contributed by atoms with van der Waals surface area (Å²) in [7, 11) is 0. The number of hydrogen-bond donors (Lipinski definition) is 3. The van der Waals surface area contributed by atoms with E-state index in [-0.39, 0.29) is 12.3 Å². The lowest BCUT2D eigenvalue weighted by molar-refractivity contribution is -0.145. The van der Waals surface area contributed by atoms with Gasteiger partial charge in [0.25, 0.3) is 0 Å². The number of benzene rings is 1. The zero-order valence-corrected chi connectivity index (χ0v) is 13.1. The van der Waals surface area contributed by atoms with E-state index in [1.807, 2.05) is 23.1 Å². The Bertz CT molecular complexity index is 518. The molecule has 21 heavy (non-hydrogen) atoms. The molecular weight excluding hydrogens is 338 g/mol. The summed E-state index contributed by atoms with van der Waals surface area (Å²) in [4.78, 5) is 25.3. The van der Waals surface area contributed by atoms with Crippen LogP contribution < -0.4 is 10.6 Å². The first-order valence-corrected chi connectivity index (χ1v) is 7.59. The third kappa shape index (κ3) is 4.52. The molecule has 0 aliphatic carbocycles. The van der Waals surface area contributed by atoms with Gasteiger partial charge in [-0.3, -0.25) is 14.5 Å². The summed E-state index contributed by atoms with van der Waals surface area (Å²) in [5.74, 6) is -1.26. The highest BCUT2D eigenvalue weighted by molar-refractivity contribution is 9.10. The van der Waals surface area contributed by atoms with Crippen molar-refractivity contribution in [1.82, 2.24) is 10.2 Å². The summed E-state index contributed by atoms with van der Waals surface area (Å²) in [5, 5.41) is 15.3. The van der Waals surface area contributed by atoms with E-state index in [1.54, 1.807) is 6.07 Å². The number of carboxylic acid groups (broad SMARTS) is 1. The van der Waals surface area contributed by atoms with Crippen LogP contribution in [0.1, 0.15) is 6.42 Å². The van der Waals surface area contributed by atoms with Crippen LogP contribution in [0.15, 0.2) is 28.7 Å². The molecule has 1 aromatic rings. The molecule has 7 heteroatoms. The van der Waals surface area contributed by atoms with Crippen molar-refractivity contribution in [2.75, 3.05) is 31.5 Å². The Labute approximate surface area is 131 Å². The van der Waals surface area contributed by atoms with Crippen molar-refractivity contribution >= 4 is 33.5 Å². The van der Waals surface area contributed by atoms with Gasteiger partial charge in [-0.1, -0.05) is 12.1 Å². The van der Waals surface area contributed by atoms with E-state index in [0.717, 1.165) is 17.6 Å². The number of amides is 1. The van der Waals surface area contributed by atoms with Crippen LogP contribution in [0.2, 0.25) is 0 Å². The highest BCUT2D eigenvalue weighted by Crippen LogP contribution is 2.21. The summed E-state index contributed by atoms with van der Waals surface area (Å²) in [6.45, 7) is 2.77. The van der Waals surface area contributed by atoms with Crippen LogP contribution in [0, 0.1) is 0 Å². The first kappa shape index (κ1) is 15.9. The van der Waals surface area contributed by atoms with E-state index in [4.69, 9.17) is 0 Å². The molecule has 1 aliphatic rings. The average molecular weight is 356 g/mol. The first-order valence-electron chi connectivity index (χ1n) is 6.80. The van der Waals surface area contributed by atoms with Crippen molar-refractivity contribution in [1.29, 1.82) is 0 Å². The number of nitrogens with zero attached hydrogens (tertiary/aromatic N) is 1. The molecule has 0 saturated carbocycles. The van der Waals surface area contributed by atoms with Gasteiger partial charge < -0.3 is 15.7 Å². The van der Waals surface area contributed by atoms with Crippen molar-refractivity contribution in [2.45, 2.75) is 12.5 Å². The van der Waals surface area contributed by atoms with Gasteiger partial charge in [-0.15, -0.1) is 0 Å². The minimum Gasteiger partial charge on any atom is -0.480 e. The molecule has 6 nitrogen and oxygen atoms in total. The fourth-order valence-electron chi connectivity index (χ4n) is 2.31. The number of nitrogens with one attached hydrogen (secondary N) is 2. The summed E-state index contributed by atoms with van der Waals surface area (Å²) < 4.78 is 0.771. The lowest BCUT2D eigenvalue weighted by Gasteiger charge is -2.32. The van der Waals surface area contributed by atoms with E-state index in [1.165, 1.54) is 0 Å². The highest BCUT2D eigenvalue weighted by Gasteiger charge is 2.29. The maximum absolute atomic E-state index is 12.1. The monoisotopic (exact) mass is 355 g/mol. The van der Waals surface area contributed by atoms with E-state index in [9.17, 15) is 14.7 Å². The highest BCUT2D eigenvalue weighted by atomic mass is 79.9. The Morgan fingerprint density at radius 3 is 2.62 bits per heavy atom. The largest absolute Gasteiger partial charge is 0.480 e. The quantitative estimate of drug-likeness (QED) is 0.737. The molecule has 0 bridgehead atoms. The van der Waals surface area contributed by atoms with Gasteiger partial charge in [0.05, 0.1) is 12.1 Å². The summed E-state index contributed by atoms with van der Waals surface area (Å²) in [6.07, 6.45) is -0.0589. The van der Waals surface area contributed by atoms with E-state index >= 15 is 0 Å². The van der Waals surface area contributed by atoms with Gasteiger partial charge >= 0.3 is 5.97 Å². The minimum absolute atomic E-state index is 0.0589. The summed E-state index contributed by atoms with van der Waals surface area (Å²) >= 11 is 3.35. The molecule has 0 unspecified atom stereocenters. The normalized spacial score (nSPS) is 17.2. The van der Waals surface area contributed by atoms with Crippen LogP contribution in [0.4, 0.5) is 5.69 Å². The number of carboxylic acids is 1. The second kappa shape index (κ2) is 7.53. The molecule has 0 spiro atoms. The lowest BCUT2D eigenvalue weighted by atomic mass is 10.1. The fraction of sp³-hybridized carbons (Fsp3) is 0.429. The van der Waals surface area contributed by atoms with Gasteiger partial charge in [0, 0.05) is 30.7 Å². The van der Waals surface area contributed by atoms with Gasteiger partial charge in [0.2, 0.25) is 5.91 Å². The number of carbonyl (C=O) groups excluding carboxylic acids is 1. The lowest BCUT2D eigenvalue weighted by Crippen LogP contribution is -2.52. The SMILES string of the molecule is O=C(C[C@@H](C(=O)O)N1CCNCC1)Nc1ccccc1Br. The van der Waals surface area contributed by atoms with Crippen LogP contribution in [0.3, 0.4) is 0 Å². The zero-order valence-electron chi connectivity index (χ0n) is 11.5. The number of hydrogen-bond acceptors (Lipinski definition) is 4. The number of aliphatic carboxylic acids is 1. The van der Waals surface area contributed by atoms with Crippen molar-refractivity contribution in [3.05, 3.63) is 28.7 Å². The van der Waals surface area contributed by atoms with Crippen molar-refractivity contribution in [2.24, 2.45) is 0 Å². The maximum atomic E-state index is 12.1. The van der Waals surface area contributed by atoms with Gasteiger partial charge in [0.1, 0.15) is 6.04 Å². The molecule has 1 amide bonds. The number of para-hydroxylation sites is 1. The molecule has 0 radical (unpaired) electrons. The molecular formula is C14H18BrN3O3. The topological polar surface area (TPSA) is 81.7 Å². The smallest absolute Gasteiger partial charge is 0.321 e. The Balaban J connectivity index is 1.98.